The maximum absolute atomic E-state index is 12.4. The molecule has 0 bridgehead atoms. The highest BCUT2D eigenvalue weighted by Crippen LogP contribution is 2.28. The van der Waals surface area contributed by atoms with Crippen molar-refractivity contribution < 1.29 is 13.5 Å². The van der Waals surface area contributed by atoms with Crippen molar-refractivity contribution in [3.8, 4) is 5.75 Å². The van der Waals surface area contributed by atoms with Crippen LogP contribution >= 0.6 is 11.3 Å². The number of sulfonamides is 1. The van der Waals surface area contributed by atoms with Gasteiger partial charge in [0, 0.05) is 26.2 Å². The van der Waals surface area contributed by atoms with E-state index in [1.807, 2.05) is 17.0 Å². The van der Waals surface area contributed by atoms with Crippen LogP contribution in [0.1, 0.15) is 0 Å². The minimum Gasteiger partial charge on any atom is -0.506 e. The number of anilines is 1. The zero-order valence-electron chi connectivity index (χ0n) is 11.3. The number of hydrogen-bond donors (Lipinski definition) is 1. The molecule has 1 fully saturated rings. The van der Waals surface area contributed by atoms with E-state index in [0.717, 1.165) is 5.69 Å². The van der Waals surface area contributed by atoms with Crippen molar-refractivity contribution in [2.24, 2.45) is 0 Å². The molecule has 21 heavy (non-hydrogen) atoms. The van der Waals surface area contributed by atoms with E-state index < -0.39 is 10.0 Å². The Hall–Kier alpha value is -1.57. The van der Waals surface area contributed by atoms with Crippen LogP contribution < -0.4 is 4.90 Å². The molecule has 5 nitrogen and oxygen atoms in total. The molecular formula is C14H16N2O3S2. The Morgan fingerprint density at radius 1 is 1.00 bits per heavy atom. The molecule has 1 N–H and O–H groups in total. The molecule has 3 rings (SSSR count). The van der Waals surface area contributed by atoms with Gasteiger partial charge >= 0.3 is 0 Å². The average molecular weight is 324 g/mol. The Morgan fingerprint density at radius 3 is 2.33 bits per heavy atom. The van der Waals surface area contributed by atoms with Gasteiger partial charge in [0.25, 0.3) is 10.0 Å². The lowest BCUT2D eigenvalue weighted by molar-refractivity contribution is 0.383. The molecular weight excluding hydrogens is 308 g/mol. The van der Waals surface area contributed by atoms with Gasteiger partial charge in [-0.3, -0.25) is 0 Å². The summed E-state index contributed by atoms with van der Waals surface area (Å²) < 4.78 is 26.8. The SMILES string of the molecule is O=S(=O)(c1cccs1)N1CCN(c2ccccc2O)CC1. The van der Waals surface area contributed by atoms with E-state index in [0.29, 0.717) is 30.4 Å². The molecule has 2 aromatic rings. The highest BCUT2D eigenvalue weighted by atomic mass is 32.2. The fourth-order valence-electron chi connectivity index (χ4n) is 2.44. The van der Waals surface area contributed by atoms with Crippen LogP contribution in [0.15, 0.2) is 46.0 Å². The van der Waals surface area contributed by atoms with Gasteiger partial charge in [-0.25, -0.2) is 8.42 Å². The topological polar surface area (TPSA) is 60.9 Å². The van der Waals surface area contributed by atoms with Crippen LogP contribution in [0.4, 0.5) is 5.69 Å². The zero-order valence-corrected chi connectivity index (χ0v) is 13.0. The quantitative estimate of drug-likeness (QED) is 0.938. The van der Waals surface area contributed by atoms with E-state index >= 15 is 0 Å². The summed E-state index contributed by atoms with van der Waals surface area (Å²) in [4.78, 5) is 2.01. The third-order valence-corrected chi connectivity index (χ3v) is 6.82. The van der Waals surface area contributed by atoms with Crippen molar-refractivity contribution in [2.75, 3.05) is 31.1 Å². The summed E-state index contributed by atoms with van der Waals surface area (Å²) in [6.07, 6.45) is 0. The van der Waals surface area contributed by atoms with Crippen LogP contribution in [0, 0.1) is 0 Å². The lowest BCUT2D eigenvalue weighted by atomic mass is 10.2. The first-order valence-corrected chi connectivity index (χ1v) is 8.97. The Balaban J connectivity index is 1.73. The third-order valence-electron chi connectivity index (χ3n) is 3.55. The van der Waals surface area contributed by atoms with Crippen molar-refractivity contribution in [3.05, 3.63) is 41.8 Å². The maximum Gasteiger partial charge on any atom is 0.252 e. The molecule has 0 radical (unpaired) electrons. The highest BCUT2D eigenvalue weighted by molar-refractivity contribution is 7.91. The molecule has 112 valence electrons. The second-order valence-corrected chi connectivity index (χ2v) is 7.92. The fraction of sp³-hybridized carbons (Fsp3) is 0.286. The van der Waals surface area contributed by atoms with Crippen molar-refractivity contribution in [3.63, 3.8) is 0 Å². The molecule has 1 aliphatic heterocycles. The second-order valence-electron chi connectivity index (χ2n) is 4.81. The van der Waals surface area contributed by atoms with Crippen LogP contribution in [0.3, 0.4) is 0 Å². The van der Waals surface area contributed by atoms with Gasteiger partial charge < -0.3 is 10.0 Å². The second kappa shape index (κ2) is 5.67. The Kier molecular flexibility index (Phi) is 3.88. The smallest absolute Gasteiger partial charge is 0.252 e. The Bertz CT molecular complexity index is 706. The number of hydrogen-bond acceptors (Lipinski definition) is 5. The Morgan fingerprint density at radius 2 is 1.71 bits per heavy atom. The van der Waals surface area contributed by atoms with Crippen molar-refractivity contribution in [1.82, 2.24) is 4.31 Å². The summed E-state index contributed by atoms with van der Waals surface area (Å²) in [5.41, 5.74) is 0.755. The predicted octanol–water partition coefficient (Wildman–Crippen LogP) is 1.96. The first-order chi connectivity index (χ1) is 10.1. The monoisotopic (exact) mass is 324 g/mol. The normalized spacial score (nSPS) is 17.0. The number of phenols is 1. The van der Waals surface area contributed by atoms with Crippen LogP contribution in [-0.4, -0.2) is 44.0 Å². The lowest BCUT2D eigenvalue weighted by Gasteiger charge is -2.35. The molecule has 0 amide bonds. The number of phenolic OH excluding ortho intramolecular Hbond substituents is 1. The molecule has 1 aromatic carbocycles. The van der Waals surface area contributed by atoms with E-state index in [1.165, 1.54) is 15.6 Å². The number of piperazine rings is 1. The molecule has 0 atom stereocenters. The lowest BCUT2D eigenvalue weighted by Crippen LogP contribution is -2.48. The van der Waals surface area contributed by atoms with Crippen molar-refractivity contribution in [2.45, 2.75) is 4.21 Å². The molecule has 0 aliphatic carbocycles. The summed E-state index contributed by atoms with van der Waals surface area (Å²) in [6.45, 7) is 1.99. The summed E-state index contributed by atoms with van der Waals surface area (Å²) in [6, 6.07) is 10.5. The van der Waals surface area contributed by atoms with Gasteiger partial charge in [0.15, 0.2) is 0 Å². The van der Waals surface area contributed by atoms with Gasteiger partial charge in [-0.15, -0.1) is 11.3 Å². The van der Waals surface area contributed by atoms with Gasteiger partial charge in [0.1, 0.15) is 9.96 Å². The largest absolute Gasteiger partial charge is 0.506 e. The summed E-state index contributed by atoms with van der Waals surface area (Å²) in [5, 5.41) is 11.6. The molecule has 0 saturated carbocycles. The molecule has 0 spiro atoms. The molecule has 1 saturated heterocycles. The molecule has 7 heteroatoms. The van der Waals surface area contributed by atoms with Crippen LogP contribution in [0.5, 0.6) is 5.75 Å². The summed E-state index contributed by atoms with van der Waals surface area (Å²) in [7, 11) is -3.37. The van der Waals surface area contributed by atoms with E-state index in [2.05, 4.69) is 0 Å². The van der Waals surface area contributed by atoms with E-state index in [-0.39, 0.29) is 5.75 Å². The van der Waals surface area contributed by atoms with Gasteiger partial charge in [-0.05, 0) is 23.6 Å². The summed E-state index contributed by atoms with van der Waals surface area (Å²) in [5.74, 6) is 0.229. The van der Waals surface area contributed by atoms with Crippen molar-refractivity contribution in [1.29, 1.82) is 0 Å². The number of para-hydroxylation sites is 2. The van der Waals surface area contributed by atoms with Crippen LogP contribution in [-0.2, 0) is 10.0 Å². The first kappa shape index (κ1) is 14.4. The minimum atomic E-state index is -3.37. The first-order valence-electron chi connectivity index (χ1n) is 6.65. The molecule has 0 unspecified atom stereocenters. The third kappa shape index (κ3) is 2.76. The molecule has 1 aromatic heterocycles. The maximum atomic E-state index is 12.4. The van der Waals surface area contributed by atoms with E-state index in [4.69, 9.17) is 0 Å². The summed E-state index contributed by atoms with van der Waals surface area (Å²) >= 11 is 1.24. The zero-order chi connectivity index (χ0) is 14.9. The predicted molar refractivity (Wildman–Crippen MR) is 83.4 cm³/mol. The average Bonchev–Trinajstić information content (AvgIpc) is 3.03. The van der Waals surface area contributed by atoms with Crippen LogP contribution in [0.2, 0.25) is 0 Å². The number of thiophene rings is 1. The van der Waals surface area contributed by atoms with E-state index in [9.17, 15) is 13.5 Å². The Labute approximate surface area is 128 Å². The van der Waals surface area contributed by atoms with Gasteiger partial charge in [0.2, 0.25) is 0 Å². The van der Waals surface area contributed by atoms with Gasteiger partial charge in [0.05, 0.1) is 5.69 Å². The number of benzene rings is 1. The van der Waals surface area contributed by atoms with Crippen molar-refractivity contribution >= 4 is 27.0 Å². The molecule has 1 aliphatic rings. The molecule has 2 heterocycles. The standard InChI is InChI=1S/C14H16N2O3S2/c17-13-5-2-1-4-12(13)15-7-9-16(10-8-15)21(18,19)14-6-3-11-20-14/h1-6,11,17H,7-10H2. The fourth-order valence-corrected chi connectivity index (χ4v) is 5.01. The highest BCUT2D eigenvalue weighted by Gasteiger charge is 2.29. The van der Waals surface area contributed by atoms with E-state index in [1.54, 1.807) is 29.6 Å². The minimum absolute atomic E-state index is 0.229. The van der Waals surface area contributed by atoms with Crippen LogP contribution in [0.25, 0.3) is 0 Å². The number of rotatable bonds is 3. The van der Waals surface area contributed by atoms with Gasteiger partial charge in [-0.1, -0.05) is 18.2 Å². The van der Waals surface area contributed by atoms with Gasteiger partial charge in [-0.2, -0.15) is 4.31 Å². The number of nitrogens with zero attached hydrogens (tertiary/aromatic N) is 2. The number of aromatic hydroxyl groups is 1.